The maximum absolute atomic E-state index is 12.4. The Labute approximate surface area is 63.9 Å². The number of alkyl halides is 5. The quantitative estimate of drug-likeness (QED) is 0.586. The molecule has 0 amide bonds. The van der Waals surface area contributed by atoms with E-state index in [0.717, 1.165) is 0 Å². The van der Waals surface area contributed by atoms with E-state index in [0.29, 0.717) is 0 Å². The second-order valence-corrected chi connectivity index (χ2v) is 2.44. The molecule has 0 spiro atoms. The maximum Gasteiger partial charge on any atom is 0.449 e. The van der Waals surface area contributed by atoms with Crippen LogP contribution in [0.4, 0.5) is 22.0 Å². The van der Waals surface area contributed by atoms with E-state index < -0.39 is 30.9 Å². The van der Waals surface area contributed by atoms with Crippen LogP contribution in [0.3, 0.4) is 0 Å². The molecule has 2 nitrogen and oxygen atoms in total. The zero-order chi connectivity index (χ0) is 9.62. The Morgan fingerprint density at radius 3 is 1.92 bits per heavy atom. The number of hydrogen-bond acceptors (Lipinski definition) is 2. The smallest absolute Gasteiger partial charge is 0.354 e. The first kappa shape index (κ1) is 9.66. The van der Waals surface area contributed by atoms with Gasteiger partial charge in [-0.2, -0.15) is 13.2 Å². The van der Waals surface area contributed by atoms with Crippen molar-refractivity contribution in [3.63, 3.8) is 0 Å². The maximum atomic E-state index is 12.4. The first-order valence-electron chi connectivity index (χ1n) is 3.01. The van der Waals surface area contributed by atoms with Crippen LogP contribution in [0.1, 0.15) is 6.42 Å². The van der Waals surface area contributed by atoms with Crippen LogP contribution < -0.4 is 0 Å². The SMILES string of the molecule is OC1(C(F)(F)F)OCCC1(F)F. The van der Waals surface area contributed by atoms with Crippen molar-refractivity contribution in [3.8, 4) is 0 Å². The Bertz CT molecular complexity index is 189. The lowest BCUT2D eigenvalue weighted by Gasteiger charge is -2.29. The van der Waals surface area contributed by atoms with Gasteiger partial charge in [-0.1, -0.05) is 0 Å². The van der Waals surface area contributed by atoms with Crippen molar-refractivity contribution in [1.82, 2.24) is 0 Å². The first-order valence-corrected chi connectivity index (χ1v) is 3.01. The molecule has 1 saturated heterocycles. The van der Waals surface area contributed by atoms with Gasteiger partial charge in [0.2, 0.25) is 0 Å². The third-order valence-corrected chi connectivity index (χ3v) is 1.61. The van der Waals surface area contributed by atoms with E-state index in [1.807, 2.05) is 0 Å². The average Bonchev–Trinajstić information content (AvgIpc) is 2.07. The lowest BCUT2D eigenvalue weighted by Crippen LogP contribution is -2.56. The number of ether oxygens (including phenoxy) is 1. The molecule has 1 aliphatic heterocycles. The van der Waals surface area contributed by atoms with Crippen molar-refractivity contribution >= 4 is 0 Å². The largest absolute Gasteiger partial charge is 0.449 e. The summed E-state index contributed by atoms with van der Waals surface area (Å²) < 4.78 is 63.7. The normalized spacial score (nSPS) is 35.5. The molecular formula is C5H5F5O2. The van der Waals surface area contributed by atoms with E-state index in [1.54, 1.807) is 0 Å². The number of hydrogen-bond donors (Lipinski definition) is 1. The lowest BCUT2D eigenvalue weighted by molar-refractivity contribution is -0.401. The van der Waals surface area contributed by atoms with Gasteiger partial charge in [0.15, 0.2) is 0 Å². The molecule has 0 aliphatic carbocycles. The van der Waals surface area contributed by atoms with Crippen LogP contribution >= 0.6 is 0 Å². The van der Waals surface area contributed by atoms with Crippen LogP contribution in [0.15, 0.2) is 0 Å². The molecule has 0 saturated carbocycles. The Hall–Kier alpha value is -0.430. The summed E-state index contributed by atoms with van der Waals surface area (Å²) in [5, 5.41) is 8.46. The fourth-order valence-corrected chi connectivity index (χ4v) is 0.891. The number of aliphatic hydroxyl groups is 1. The Kier molecular flexibility index (Phi) is 1.84. The fraction of sp³-hybridized carbons (Fsp3) is 1.00. The summed E-state index contributed by atoms with van der Waals surface area (Å²) in [6.45, 7) is -0.803. The van der Waals surface area contributed by atoms with Crippen molar-refractivity contribution in [3.05, 3.63) is 0 Å². The van der Waals surface area contributed by atoms with Gasteiger partial charge in [-0.05, 0) is 0 Å². The van der Waals surface area contributed by atoms with Gasteiger partial charge in [-0.15, -0.1) is 0 Å². The molecule has 72 valence electrons. The zero-order valence-electron chi connectivity index (χ0n) is 5.66. The molecule has 0 aromatic rings. The van der Waals surface area contributed by atoms with E-state index in [9.17, 15) is 22.0 Å². The lowest BCUT2D eigenvalue weighted by atomic mass is 10.1. The van der Waals surface area contributed by atoms with Gasteiger partial charge < -0.3 is 9.84 Å². The fourth-order valence-electron chi connectivity index (χ4n) is 0.891. The van der Waals surface area contributed by atoms with Crippen LogP contribution in [0.25, 0.3) is 0 Å². The van der Waals surface area contributed by atoms with Crippen LogP contribution in [-0.4, -0.2) is 29.6 Å². The molecule has 7 heteroatoms. The molecule has 1 atom stereocenters. The molecule has 1 unspecified atom stereocenters. The minimum absolute atomic E-state index is 0.803. The Morgan fingerprint density at radius 1 is 1.25 bits per heavy atom. The number of halogens is 5. The third kappa shape index (κ3) is 1.08. The molecule has 0 aromatic heterocycles. The second kappa shape index (κ2) is 2.29. The predicted octanol–water partition coefficient (Wildman–Crippen LogP) is 1.29. The van der Waals surface area contributed by atoms with Gasteiger partial charge in [0, 0.05) is 6.42 Å². The van der Waals surface area contributed by atoms with Gasteiger partial charge in [0.25, 0.3) is 0 Å². The van der Waals surface area contributed by atoms with Gasteiger partial charge in [0.05, 0.1) is 6.61 Å². The van der Waals surface area contributed by atoms with Crippen LogP contribution in [0.2, 0.25) is 0 Å². The molecule has 1 rings (SSSR count). The highest BCUT2D eigenvalue weighted by Gasteiger charge is 2.73. The van der Waals surface area contributed by atoms with Crippen LogP contribution in [0.5, 0.6) is 0 Å². The summed E-state index contributed by atoms with van der Waals surface area (Å²) in [5.74, 6) is -8.56. The molecule has 1 fully saturated rings. The van der Waals surface area contributed by atoms with Gasteiger partial charge in [0.1, 0.15) is 0 Å². The summed E-state index contributed by atoms with van der Waals surface area (Å²) >= 11 is 0. The zero-order valence-corrected chi connectivity index (χ0v) is 5.66. The Morgan fingerprint density at radius 2 is 1.75 bits per heavy atom. The van der Waals surface area contributed by atoms with Crippen molar-refractivity contribution in [1.29, 1.82) is 0 Å². The first-order chi connectivity index (χ1) is 5.21. The van der Waals surface area contributed by atoms with Crippen LogP contribution in [-0.2, 0) is 4.74 Å². The van der Waals surface area contributed by atoms with Crippen molar-refractivity contribution < 1.29 is 31.8 Å². The van der Waals surface area contributed by atoms with E-state index >= 15 is 0 Å². The molecule has 12 heavy (non-hydrogen) atoms. The summed E-state index contributed by atoms with van der Waals surface area (Å²) in [4.78, 5) is 0. The summed E-state index contributed by atoms with van der Waals surface area (Å²) in [6, 6.07) is 0. The van der Waals surface area contributed by atoms with E-state index in [1.165, 1.54) is 0 Å². The summed E-state index contributed by atoms with van der Waals surface area (Å²) in [7, 11) is 0. The van der Waals surface area contributed by atoms with Gasteiger partial charge >= 0.3 is 17.9 Å². The minimum atomic E-state index is -5.47. The molecule has 0 radical (unpaired) electrons. The summed E-state index contributed by atoms with van der Waals surface area (Å²) in [5.41, 5.74) is 0. The Balaban J connectivity index is 2.98. The van der Waals surface area contributed by atoms with E-state index in [4.69, 9.17) is 5.11 Å². The van der Waals surface area contributed by atoms with Crippen molar-refractivity contribution in [2.75, 3.05) is 6.61 Å². The highest BCUT2D eigenvalue weighted by atomic mass is 19.4. The second-order valence-electron chi connectivity index (χ2n) is 2.44. The van der Waals surface area contributed by atoms with E-state index in [-0.39, 0.29) is 0 Å². The molecule has 0 bridgehead atoms. The van der Waals surface area contributed by atoms with Gasteiger partial charge in [-0.3, -0.25) is 0 Å². The van der Waals surface area contributed by atoms with E-state index in [2.05, 4.69) is 4.74 Å². The highest BCUT2D eigenvalue weighted by Crippen LogP contribution is 2.48. The van der Waals surface area contributed by atoms with Crippen LogP contribution in [0, 0.1) is 0 Å². The monoisotopic (exact) mass is 192 g/mol. The van der Waals surface area contributed by atoms with Crippen molar-refractivity contribution in [2.45, 2.75) is 24.3 Å². The molecule has 1 heterocycles. The molecule has 0 aromatic carbocycles. The third-order valence-electron chi connectivity index (χ3n) is 1.61. The van der Waals surface area contributed by atoms with Crippen molar-refractivity contribution in [2.24, 2.45) is 0 Å². The predicted molar refractivity (Wildman–Crippen MR) is 26.5 cm³/mol. The standard InChI is InChI=1S/C5H5F5O2/c6-3(7)1-2-12-4(3,11)5(8,9)10/h11H,1-2H2. The summed E-state index contributed by atoms with van der Waals surface area (Å²) in [6.07, 6.45) is -6.59. The molecule has 1 aliphatic rings. The topological polar surface area (TPSA) is 29.5 Å². The highest BCUT2D eigenvalue weighted by molar-refractivity contribution is 4.95. The minimum Gasteiger partial charge on any atom is -0.354 e. The molecular weight excluding hydrogens is 187 g/mol. The number of rotatable bonds is 0. The van der Waals surface area contributed by atoms with Gasteiger partial charge in [-0.25, -0.2) is 8.78 Å². The molecule has 1 N–H and O–H groups in total. The average molecular weight is 192 g/mol.